The zero-order chi connectivity index (χ0) is 20.6. The third-order valence-corrected chi connectivity index (χ3v) is 5.55. The maximum Gasteiger partial charge on any atom is 0.237 e. The number of nitrogens with one attached hydrogen (secondary N) is 1. The molecule has 1 atom stereocenters. The standard InChI is InChI=1S/C24H30N2O3/c1-18-7-6-10-22(17-18)29-16-13-25-24(28)19(2)26-14-11-21(12-15-26)23(27)20-8-4-3-5-9-20/h3-10,17,19,21H,11-16H2,1-2H3,(H,25,28). The SMILES string of the molecule is Cc1cccc(OCCNC(=O)C(C)N2CCC(C(=O)c3ccccc3)CC2)c1. The highest BCUT2D eigenvalue weighted by atomic mass is 16.5. The first-order chi connectivity index (χ1) is 14.0. The van der Waals surface area contributed by atoms with Crippen molar-refractivity contribution in [3.63, 3.8) is 0 Å². The van der Waals surface area contributed by atoms with Gasteiger partial charge in [-0.1, -0.05) is 42.5 Å². The lowest BCUT2D eigenvalue weighted by atomic mass is 9.88. The molecular weight excluding hydrogens is 364 g/mol. The van der Waals surface area contributed by atoms with Crippen LogP contribution >= 0.6 is 0 Å². The first-order valence-corrected chi connectivity index (χ1v) is 10.3. The molecule has 2 aromatic carbocycles. The third kappa shape index (κ3) is 5.91. The number of ether oxygens (including phenoxy) is 1. The Kier molecular flexibility index (Phi) is 7.42. The van der Waals surface area contributed by atoms with Gasteiger partial charge in [0.15, 0.2) is 5.78 Å². The van der Waals surface area contributed by atoms with Crippen LogP contribution in [0.4, 0.5) is 0 Å². The number of piperidine rings is 1. The van der Waals surface area contributed by atoms with Gasteiger partial charge in [0, 0.05) is 11.5 Å². The molecule has 5 heteroatoms. The number of ketones is 1. The summed E-state index contributed by atoms with van der Waals surface area (Å²) in [4.78, 5) is 27.2. The van der Waals surface area contributed by atoms with Crippen LogP contribution < -0.4 is 10.1 Å². The molecule has 3 rings (SSSR count). The molecule has 1 unspecified atom stereocenters. The van der Waals surface area contributed by atoms with Gasteiger partial charge in [-0.05, 0) is 57.5 Å². The fourth-order valence-corrected chi connectivity index (χ4v) is 3.75. The summed E-state index contributed by atoms with van der Waals surface area (Å²) in [6, 6.07) is 17.1. The van der Waals surface area contributed by atoms with Crippen LogP contribution in [-0.4, -0.2) is 48.9 Å². The number of Topliss-reactive ketones (excluding diaryl/α,β-unsaturated/α-hetero) is 1. The summed E-state index contributed by atoms with van der Waals surface area (Å²) in [5.41, 5.74) is 1.93. The van der Waals surface area contributed by atoms with Crippen molar-refractivity contribution in [2.45, 2.75) is 32.7 Å². The van der Waals surface area contributed by atoms with E-state index in [0.717, 1.165) is 42.8 Å². The first-order valence-electron chi connectivity index (χ1n) is 10.3. The van der Waals surface area contributed by atoms with Crippen LogP contribution in [0, 0.1) is 12.8 Å². The summed E-state index contributed by atoms with van der Waals surface area (Å²) < 4.78 is 5.68. The van der Waals surface area contributed by atoms with E-state index in [1.165, 1.54) is 0 Å². The number of rotatable bonds is 8. The number of nitrogens with zero attached hydrogens (tertiary/aromatic N) is 1. The number of hydrogen-bond acceptors (Lipinski definition) is 4. The highest BCUT2D eigenvalue weighted by Gasteiger charge is 2.29. The molecule has 0 spiro atoms. The summed E-state index contributed by atoms with van der Waals surface area (Å²) in [6.07, 6.45) is 1.59. The smallest absolute Gasteiger partial charge is 0.237 e. The van der Waals surface area contributed by atoms with Crippen molar-refractivity contribution in [2.24, 2.45) is 5.92 Å². The average Bonchev–Trinajstić information content (AvgIpc) is 2.76. The molecule has 29 heavy (non-hydrogen) atoms. The van der Waals surface area contributed by atoms with Gasteiger partial charge in [0.25, 0.3) is 0 Å². The summed E-state index contributed by atoms with van der Waals surface area (Å²) >= 11 is 0. The highest BCUT2D eigenvalue weighted by Crippen LogP contribution is 2.23. The number of aryl methyl sites for hydroxylation is 1. The van der Waals surface area contributed by atoms with Crippen molar-refractivity contribution in [3.8, 4) is 5.75 Å². The lowest BCUT2D eigenvalue weighted by Crippen LogP contribution is -2.49. The van der Waals surface area contributed by atoms with Crippen molar-refractivity contribution in [2.75, 3.05) is 26.2 Å². The van der Waals surface area contributed by atoms with E-state index >= 15 is 0 Å². The fourth-order valence-electron chi connectivity index (χ4n) is 3.75. The zero-order valence-electron chi connectivity index (χ0n) is 17.3. The van der Waals surface area contributed by atoms with E-state index in [1.807, 2.05) is 68.4 Å². The molecule has 1 saturated heterocycles. The maximum absolute atomic E-state index is 12.6. The van der Waals surface area contributed by atoms with Gasteiger partial charge in [-0.25, -0.2) is 0 Å². The maximum atomic E-state index is 12.6. The molecule has 0 bridgehead atoms. The molecule has 0 saturated carbocycles. The summed E-state index contributed by atoms with van der Waals surface area (Å²) in [6.45, 7) is 6.38. The van der Waals surface area contributed by atoms with Gasteiger partial charge in [-0.15, -0.1) is 0 Å². The van der Waals surface area contributed by atoms with Crippen LogP contribution in [0.2, 0.25) is 0 Å². The largest absolute Gasteiger partial charge is 0.492 e. The molecule has 1 N–H and O–H groups in total. The van der Waals surface area contributed by atoms with E-state index in [4.69, 9.17) is 4.74 Å². The Bertz CT molecular complexity index is 814. The molecule has 1 aliphatic heterocycles. The van der Waals surface area contributed by atoms with Gasteiger partial charge in [0.2, 0.25) is 5.91 Å². The first kappa shape index (κ1) is 21.1. The zero-order valence-corrected chi connectivity index (χ0v) is 17.3. The van der Waals surface area contributed by atoms with Gasteiger partial charge < -0.3 is 10.1 Å². The molecule has 1 heterocycles. The highest BCUT2D eigenvalue weighted by molar-refractivity contribution is 5.97. The van der Waals surface area contributed by atoms with E-state index in [0.29, 0.717) is 13.2 Å². The molecule has 2 aromatic rings. The van der Waals surface area contributed by atoms with Crippen LogP contribution in [0.25, 0.3) is 0 Å². The topological polar surface area (TPSA) is 58.6 Å². The number of carbonyl (C=O) groups excluding carboxylic acids is 2. The number of benzene rings is 2. The summed E-state index contributed by atoms with van der Waals surface area (Å²) in [7, 11) is 0. The number of likely N-dealkylation sites (tertiary alicyclic amines) is 1. The minimum Gasteiger partial charge on any atom is -0.492 e. The van der Waals surface area contributed by atoms with Crippen LogP contribution in [0.3, 0.4) is 0 Å². The Labute approximate surface area is 173 Å². The number of amides is 1. The van der Waals surface area contributed by atoms with E-state index in [-0.39, 0.29) is 23.7 Å². The minimum atomic E-state index is -0.207. The van der Waals surface area contributed by atoms with E-state index in [9.17, 15) is 9.59 Å². The van der Waals surface area contributed by atoms with Gasteiger partial charge in [0.05, 0.1) is 12.6 Å². The molecule has 5 nitrogen and oxygen atoms in total. The fraction of sp³-hybridized carbons (Fsp3) is 0.417. The molecule has 0 aromatic heterocycles. The molecule has 154 valence electrons. The molecule has 1 amide bonds. The molecule has 0 aliphatic carbocycles. The van der Waals surface area contributed by atoms with Gasteiger partial charge >= 0.3 is 0 Å². The van der Waals surface area contributed by atoms with E-state index in [2.05, 4.69) is 10.2 Å². The predicted octanol–water partition coefficient (Wildman–Crippen LogP) is 3.47. The second-order valence-electron chi connectivity index (χ2n) is 7.67. The molecular formula is C24H30N2O3. The van der Waals surface area contributed by atoms with Crippen molar-refractivity contribution in [1.29, 1.82) is 0 Å². The molecule has 1 fully saturated rings. The second-order valence-corrected chi connectivity index (χ2v) is 7.67. The van der Waals surface area contributed by atoms with Gasteiger partial charge in [-0.2, -0.15) is 0 Å². The van der Waals surface area contributed by atoms with Gasteiger partial charge in [0.1, 0.15) is 12.4 Å². The van der Waals surface area contributed by atoms with Crippen LogP contribution in [-0.2, 0) is 4.79 Å². The normalized spacial score (nSPS) is 16.2. The Morgan fingerprint density at radius 2 is 1.83 bits per heavy atom. The van der Waals surface area contributed by atoms with E-state index in [1.54, 1.807) is 0 Å². The third-order valence-electron chi connectivity index (χ3n) is 5.55. The quantitative estimate of drug-likeness (QED) is 0.550. The minimum absolute atomic E-state index is 0.00526. The molecule has 1 aliphatic rings. The lowest BCUT2D eigenvalue weighted by molar-refractivity contribution is -0.126. The monoisotopic (exact) mass is 394 g/mol. The molecule has 0 radical (unpaired) electrons. The predicted molar refractivity (Wildman–Crippen MR) is 114 cm³/mol. The van der Waals surface area contributed by atoms with Crippen molar-refractivity contribution in [3.05, 3.63) is 65.7 Å². The average molecular weight is 395 g/mol. The Morgan fingerprint density at radius 3 is 2.52 bits per heavy atom. The van der Waals surface area contributed by atoms with Crippen LogP contribution in [0.5, 0.6) is 5.75 Å². The summed E-state index contributed by atoms with van der Waals surface area (Å²) in [5, 5.41) is 2.95. The van der Waals surface area contributed by atoms with Crippen LogP contribution in [0.1, 0.15) is 35.7 Å². The number of carbonyl (C=O) groups is 2. The van der Waals surface area contributed by atoms with Crippen molar-refractivity contribution >= 4 is 11.7 Å². The van der Waals surface area contributed by atoms with Crippen molar-refractivity contribution in [1.82, 2.24) is 10.2 Å². The number of hydrogen-bond donors (Lipinski definition) is 1. The van der Waals surface area contributed by atoms with Gasteiger partial charge in [-0.3, -0.25) is 14.5 Å². The Morgan fingerprint density at radius 1 is 1.10 bits per heavy atom. The summed E-state index contributed by atoms with van der Waals surface area (Å²) in [5.74, 6) is 1.09. The van der Waals surface area contributed by atoms with E-state index < -0.39 is 0 Å². The second kappa shape index (κ2) is 10.2. The lowest BCUT2D eigenvalue weighted by Gasteiger charge is -2.34. The Balaban J connectivity index is 1.39. The van der Waals surface area contributed by atoms with Crippen LogP contribution in [0.15, 0.2) is 54.6 Å². The van der Waals surface area contributed by atoms with Crippen molar-refractivity contribution < 1.29 is 14.3 Å². The Hall–Kier alpha value is -2.66.